The number of hydrogen-bond acceptors (Lipinski definition) is 7. The number of sulfonamides is 1. The first kappa shape index (κ1) is 32.9. The quantitative estimate of drug-likeness (QED) is 0.221. The number of anilines is 1. The second-order valence-electron chi connectivity index (χ2n) is 10.1. The molecule has 0 fully saturated rings. The number of nitrogens with zero attached hydrogens (tertiary/aromatic N) is 2. The highest BCUT2D eigenvalue weighted by Gasteiger charge is 2.34. The van der Waals surface area contributed by atoms with Crippen molar-refractivity contribution in [2.45, 2.75) is 23.9 Å². The number of nitrogens with one attached hydrogen (secondary N) is 1. The van der Waals surface area contributed by atoms with Crippen LogP contribution in [0.4, 0.5) is 5.69 Å². The van der Waals surface area contributed by atoms with Crippen LogP contribution in [0.3, 0.4) is 0 Å². The van der Waals surface area contributed by atoms with E-state index in [-0.39, 0.29) is 35.2 Å². The molecule has 1 N–H and O–H groups in total. The van der Waals surface area contributed by atoms with Crippen molar-refractivity contribution in [3.63, 3.8) is 0 Å². The Labute approximate surface area is 264 Å². The van der Waals surface area contributed by atoms with E-state index in [1.807, 2.05) is 36.4 Å². The van der Waals surface area contributed by atoms with E-state index in [0.717, 1.165) is 9.87 Å². The number of amides is 2. The van der Waals surface area contributed by atoms with Gasteiger partial charge < -0.3 is 24.4 Å². The summed E-state index contributed by atoms with van der Waals surface area (Å²) in [6, 6.07) is 28.2. The van der Waals surface area contributed by atoms with Crippen molar-refractivity contribution in [1.82, 2.24) is 10.2 Å². The summed E-state index contributed by atoms with van der Waals surface area (Å²) in [4.78, 5) is 29.1. The van der Waals surface area contributed by atoms with Crippen molar-refractivity contribution in [1.29, 1.82) is 0 Å². The van der Waals surface area contributed by atoms with Gasteiger partial charge in [-0.1, -0.05) is 60.7 Å². The molecule has 0 bridgehead atoms. The Kier molecular flexibility index (Phi) is 11.0. The number of likely N-dealkylation sites (N-methyl/N-ethyl adjacent to an activating group) is 1. The lowest BCUT2D eigenvalue weighted by molar-refractivity contribution is -0.139. The number of ether oxygens (including phenoxy) is 3. The van der Waals surface area contributed by atoms with Crippen molar-refractivity contribution in [2.75, 3.05) is 39.2 Å². The molecule has 0 saturated carbocycles. The molecule has 0 aliphatic carbocycles. The van der Waals surface area contributed by atoms with Gasteiger partial charge in [0.1, 0.15) is 18.3 Å². The number of rotatable bonds is 14. The van der Waals surface area contributed by atoms with Gasteiger partial charge in [0, 0.05) is 26.1 Å². The molecule has 236 valence electrons. The molecular formula is C34H37N3O7S. The first-order valence-electron chi connectivity index (χ1n) is 14.2. The molecule has 11 heteroatoms. The zero-order valence-electron chi connectivity index (χ0n) is 25.7. The summed E-state index contributed by atoms with van der Waals surface area (Å²) in [5, 5.41) is 2.68. The Morgan fingerprint density at radius 2 is 1.40 bits per heavy atom. The van der Waals surface area contributed by atoms with E-state index >= 15 is 0 Å². The average molecular weight is 632 g/mol. The normalized spacial score (nSPS) is 11.6. The molecule has 0 aliphatic rings. The number of methoxy groups -OCH3 is 3. The van der Waals surface area contributed by atoms with Crippen LogP contribution < -0.4 is 23.8 Å². The Hall–Kier alpha value is -5.03. The fourth-order valence-electron chi connectivity index (χ4n) is 4.92. The molecule has 1 atom stereocenters. The molecule has 0 heterocycles. The second kappa shape index (κ2) is 15.1. The van der Waals surface area contributed by atoms with Gasteiger partial charge >= 0.3 is 0 Å². The average Bonchev–Trinajstić information content (AvgIpc) is 3.08. The van der Waals surface area contributed by atoms with Crippen LogP contribution in [0.1, 0.15) is 11.1 Å². The summed E-state index contributed by atoms with van der Waals surface area (Å²) in [6.45, 7) is -0.549. The molecule has 45 heavy (non-hydrogen) atoms. The molecule has 0 unspecified atom stereocenters. The summed E-state index contributed by atoms with van der Waals surface area (Å²) in [5.41, 5.74) is 1.83. The van der Waals surface area contributed by atoms with Gasteiger partial charge in [0.05, 0.1) is 31.9 Å². The number of hydrogen-bond donors (Lipinski definition) is 1. The van der Waals surface area contributed by atoms with Crippen LogP contribution in [0.2, 0.25) is 0 Å². The van der Waals surface area contributed by atoms with Crippen molar-refractivity contribution in [2.24, 2.45) is 0 Å². The monoisotopic (exact) mass is 631 g/mol. The van der Waals surface area contributed by atoms with Crippen LogP contribution in [0.25, 0.3) is 0 Å². The molecule has 0 aliphatic heterocycles. The van der Waals surface area contributed by atoms with Crippen LogP contribution in [-0.2, 0) is 32.6 Å². The standard InChI is InChI=1S/C34H37N3O7S/c1-35-34(39)30(21-25-12-7-5-8-13-25)36(23-26-14-11-17-28(20-26)42-2)33(38)24-37(27-15-9-6-10-16-27)45(40,41)29-18-19-31(43-3)32(22-29)44-4/h5-20,22,30H,21,23-24H2,1-4H3,(H,35,39)/t30-/m0/s1. The third-order valence-corrected chi connectivity index (χ3v) is 9.04. The van der Waals surface area contributed by atoms with E-state index in [4.69, 9.17) is 14.2 Å². The van der Waals surface area contributed by atoms with Gasteiger partial charge in [0.25, 0.3) is 10.0 Å². The molecule has 0 saturated heterocycles. The van der Waals surface area contributed by atoms with Crippen molar-refractivity contribution in [3.05, 3.63) is 114 Å². The van der Waals surface area contributed by atoms with E-state index in [1.165, 1.54) is 44.4 Å². The van der Waals surface area contributed by atoms with E-state index in [1.54, 1.807) is 55.6 Å². The summed E-state index contributed by atoms with van der Waals surface area (Å²) in [7, 11) is 1.61. The van der Waals surface area contributed by atoms with Gasteiger partial charge in [-0.2, -0.15) is 0 Å². The molecule has 4 aromatic carbocycles. The summed E-state index contributed by atoms with van der Waals surface area (Å²) in [5.74, 6) is 0.207. The minimum absolute atomic E-state index is 0.0278. The van der Waals surface area contributed by atoms with Crippen LogP contribution in [0.15, 0.2) is 108 Å². The predicted molar refractivity (Wildman–Crippen MR) is 172 cm³/mol. The molecule has 4 rings (SSSR count). The smallest absolute Gasteiger partial charge is 0.264 e. The summed E-state index contributed by atoms with van der Waals surface area (Å²) in [6.07, 6.45) is 0.212. The fourth-order valence-corrected chi connectivity index (χ4v) is 6.35. The molecule has 2 amide bonds. The summed E-state index contributed by atoms with van der Waals surface area (Å²) >= 11 is 0. The van der Waals surface area contributed by atoms with Gasteiger partial charge in [0.15, 0.2) is 11.5 Å². The SMILES string of the molecule is CNC(=O)[C@H](Cc1ccccc1)N(Cc1cccc(OC)c1)C(=O)CN(c1ccccc1)S(=O)(=O)c1ccc(OC)c(OC)c1. The molecular weight excluding hydrogens is 594 g/mol. The van der Waals surface area contributed by atoms with Crippen LogP contribution in [0.5, 0.6) is 17.2 Å². The topological polar surface area (TPSA) is 114 Å². The predicted octanol–water partition coefficient (Wildman–Crippen LogP) is 4.29. The van der Waals surface area contributed by atoms with Crippen LogP contribution in [0, 0.1) is 0 Å². The van der Waals surface area contributed by atoms with E-state index in [0.29, 0.717) is 17.1 Å². The van der Waals surface area contributed by atoms with Crippen molar-refractivity contribution in [3.8, 4) is 17.2 Å². The highest BCUT2D eigenvalue weighted by Crippen LogP contribution is 2.32. The number of para-hydroxylation sites is 1. The third kappa shape index (κ3) is 7.93. The lowest BCUT2D eigenvalue weighted by atomic mass is 10.0. The van der Waals surface area contributed by atoms with E-state index in [9.17, 15) is 18.0 Å². The highest BCUT2D eigenvalue weighted by molar-refractivity contribution is 7.92. The Morgan fingerprint density at radius 1 is 0.756 bits per heavy atom. The van der Waals surface area contributed by atoms with Gasteiger partial charge in [0.2, 0.25) is 11.8 Å². The molecule has 4 aromatic rings. The highest BCUT2D eigenvalue weighted by atomic mass is 32.2. The summed E-state index contributed by atoms with van der Waals surface area (Å²) < 4.78 is 45.5. The molecule has 10 nitrogen and oxygen atoms in total. The van der Waals surface area contributed by atoms with Crippen LogP contribution in [-0.4, -0.2) is 66.1 Å². The van der Waals surface area contributed by atoms with Gasteiger partial charge in [-0.25, -0.2) is 8.42 Å². The maximum absolute atomic E-state index is 14.4. The number of carbonyl (C=O) groups excluding carboxylic acids is 2. The number of carbonyl (C=O) groups is 2. The minimum Gasteiger partial charge on any atom is -0.497 e. The molecule has 0 radical (unpaired) electrons. The maximum Gasteiger partial charge on any atom is 0.264 e. The van der Waals surface area contributed by atoms with E-state index < -0.39 is 28.5 Å². The fraction of sp³-hybridized carbons (Fsp3) is 0.235. The first-order valence-corrected chi connectivity index (χ1v) is 15.6. The zero-order valence-corrected chi connectivity index (χ0v) is 26.5. The van der Waals surface area contributed by atoms with Crippen LogP contribution >= 0.6 is 0 Å². The Bertz CT molecular complexity index is 1700. The first-order chi connectivity index (χ1) is 21.7. The Morgan fingerprint density at radius 3 is 2.02 bits per heavy atom. The zero-order chi connectivity index (χ0) is 32.4. The van der Waals surface area contributed by atoms with Gasteiger partial charge in [-0.3, -0.25) is 13.9 Å². The van der Waals surface area contributed by atoms with Gasteiger partial charge in [-0.15, -0.1) is 0 Å². The minimum atomic E-state index is -4.30. The maximum atomic E-state index is 14.4. The van der Waals surface area contributed by atoms with Crippen molar-refractivity contribution >= 4 is 27.5 Å². The third-order valence-electron chi connectivity index (χ3n) is 7.27. The largest absolute Gasteiger partial charge is 0.497 e. The number of benzene rings is 4. The van der Waals surface area contributed by atoms with Gasteiger partial charge in [-0.05, 0) is 47.5 Å². The van der Waals surface area contributed by atoms with E-state index in [2.05, 4.69) is 5.32 Å². The lowest BCUT2D eigenvalue weighted by Crippen LogP contribution is -2.53. The molecule has 0 aromatic heterocycles. The lowest BCUT2D eigenvalue weighted by Gasteiger charge is -2.33. The Balaban J connectivity index is 1.80. The molecule has 0 spiro atoms. The second-order valence-corrected chi connectivity index (χ2v) is 11.9. The van der Waals surface area contributed by atoms with Crippen molar-refractivity contribution < 1.29 is 32.2 Å².